The molecule has 1 aromatic rings. The number of thiophene rings is 1. The smallest absolute Gasteiger partial charge is 0.0593 e. The third-order valence-corrected chi connectivity index (χ3v) is 5.52. The number of hydrogen-bond donors (Lipinski definition) is 1. The molecule has 0 radical (unpaired) electrons. The van der Waals surface area contributed by atoms with E-state index in [1.807, 2.05) is 11.3 Å². The van der Waals surface area contributed by atoms with Crippen molar-refractivity contribution in [3.05, 3.63) is 21.9 Å². The molecule has 19 heavy (non-hydrogen) atoms. The lowest BCUT2D eigenvalue weighted by Gasteiger charge is -2.38. The lowest BCUT2D eigenvalue weighted by molar-refractivity contribution is 0.123. The summed E-state index contributed by atoms with van der Waals surface area (Å²) in [7, 11) is 0. The van der Waals surface area contributed by atoms with E-state index in [9.17, 15) is 0 Å². The molecule has 2 unspecified atom stereocenters. The summed E-state index contributed by atoms with van der Waals surface area (Å²) in [6.45, 7) is 8.99. The van der Waals surface area contributed by atoms with E-state index in [1.54, 1.807) is 0 Å². The molecule has 2 rings (SSSR count). The molecular formula is C16H28N2S. The summed E-state index contributed by atoms with van der Waals surface area (Å²) in [6.07, 6.45) is 5.29. The second-order valence-corrected chi connectivity index (χ2v) is 7.17. The standard InChI is InChI=1S/C16H28N2S/c1-4-14(17)16(15-10-9-12(3)19-15)18(5-2)11-13-7-6-8-13/h9-10,13-14,16H,4-8,11,17H2,1-3H3. The van der Waals surface area contributed by atoms with Crippen LogP contribution >= 0.6 is 11.3 Å². The highest BCUT2D eigenvalue weighted by Crippen LogP contribution is 2.34. The van der Waals surface area contributed by atoms with E-state index in [0.29, 0.717) is 6.04 Å². The number of aryl methyl sites for hydroxylation is 1. The van der Waals surface area contributed by atoms with Gasteiger partial charge in [0.15, 0.2) is 0 Å². The summed E-state index contributed by atoms with van der Waals surface area (Å²) < 4.78 is 0. The zero-order valence-corrected chi connectivity index (χ0v) is 13.4. The Hall–Kier alpha value is -0.380. The Bertz CT molecular complexity index is 384. The molecule has 0 saturated heterocycles. The number of hydrogen-bond acceptors (Lipinski definition) is 3. The van der Waals surface area contributed by atoms with E-state index < -0.39 is 0 Å². The maximum atomic E-state index is 6.44. The fourth-order valence-corrected chi connectivity index (χ4v) is 4.03. The highest BCUT2D eigenvalue weighted by molar-refractivity contribution is 7.12. The molecule has 1 heterocycles. The van der Waals surface area contributed by atoms with Crippen LogP contribution < -0.4 is 5.73 Å². The lowest BCUT2D eigenvalue weighted by Crippen LogP contribution is -2.43. The van der Waals surface area contributed by atoms with E-state index in [-0.39, 0.29) is 6.04 Å². The molecule has 1 saturated carbocycles. The fraction of sp³-hybridized carbons (Fsp3) is 0.750. The predicted octanol–water partition coefficient (Wildman–Crippen LogP) is 3.96. The molecule has 3 heteroatoms. The van der Waals surface area contributed by atoms with Gasteiger partial charge in [-0.05, 0) is 50.8 Å². The van der Waals surface area contributed by atoms with Gasteiger partial charge in [-0.15, -0.1) is 11.3 Å². The maximum absolute atomic E-state index is 6.44. The number of likely N-dealkylation sites (N-methyl/N-ethyl adjacent to an activating group) is 1. The van der Waals surface area contributed by atoms with E-state index >= 15 is 0 Å². The van der Waals surface area contributed by atoms with Gasteiger partial charge in [0.1, 0.15) is 0 Å². The Morgan fingerprint density at radius 2 is 2.11 bits per heavy atom. The summed E-state index contributed by atoms with van der Waals surface area (Å²) >= 11 is 1.91. The van der Waals surface area contributed by atoms with Crippen LogP contribution in [0.4, 0.5) is 0 Å². The van der Waals surface area contributed by atoms with Crippen LogP contribution in [0.5, 0.6) is 0 Å². The van der Waals surface area contributed by atoms with E-state index in [1.165, 1.54) is 35.6 Å². The van der Waals surface area contributed by atoms with Crippen LogP contribution in [0.1, 0.15) is 55.3 Å². The van der Waals surface area contributed by atoms with Crippen LogP contribution in [0.15, 0.2) is 12.1 Å². The SMILES string of the molecule is CCC(N)C(c1ccc(C)s1)N(CC)CC1CCC1. The average molecular weight is 280 g/mol. The van der Waals surface area contributed by atoms with Crippen molar-refractivity contribution in [3.8, 4) is 0 Å². The third kappa shape index (κ3) is 3.59. The van der Waals surface area contributed by atoms with Crippen LogP contribution in [0.3, 0.4) is 0 Å². The average Bonchev–Trinajstić information content (AvgIpc) is 2.77. The first-order valence-electron chi connectivity index (χ1n) is 7.71. The van der Waals surface area contributed by atoms with Crippen LogP contribution in [-0.2, 0) is 0 Å². The highest BCUT2D eigenvalue weighted by atomic mass is 32.1. The molecular weight excluding hydrogens is 252 g/mol. The van der Waals surface area contributed by atoms with Gasteiger partial charge in [0.25, 0.3) is 0 Å². The number of rotatable bonds is 7. The Morgan fingerprint density at radius 1 is 1.37 bits per heavy atom. The molecule has 1 aliphatic carbocycles. The molecule has 1 aromatic heterocycles. The quantitative estimate of drug-likeness (QED) is 0.819. The highest BCUT2D eigenvalue weighted by Gasteiger charge is 2.29. The summed E-state index contributed by atoms with van der Waals surface area (Å²) in [5.74, 6) is 0.910. The molecule has 0 aromatic carbocycles. The normalized spacial score (nSPS) is 19.4. The third-order valence-electron chi connectivity index (χ3n) is 4.45. The fourth-order valence-electron chi connectivity index (χ4n) is 2.94. The molecule has 2 N–H and O–H groups in total. The zero-order valence-electron chi connectivity index (χ0n) is 12.6. The van der Waals surface area contributed by atoms with Crippen LogP contribution in [0, 0.1) is 12.8 Å². The maximum Gasteiger partial charge on any atom is 0.0593 e. The Balaban J connectivity index is 2.14. The van der Waals surface area contributed by atoms with Gasteiger partial charge in [-0.2, -0.15) is 0 Å². The predicted molar refractivity (Wildman–Crippen MR) is 84.7 cm³/mol. The largest absolute Gasteiger partial charge is 0.326 e. The van der Waals surface area contributed by atoms with Gasteiger partial charge in [-0.3, -0.25) is 4.90 Å². The number of nitrogens with zero attached hydrogens (tertiary/aromatic N) is 1. The van der Waals surface area contributed by atoms with Gasteiger partial charge in [-0.25, -0.2) is 0 Å². The second-order valence-electron chi connectivity index (χ2n) is 5.85. The van der Waals surface area contributed by atoms with Gasteiger partial charge in [0.2, 0.25) is 0 Å². The van der Waals surface area contributed by atoms with Crippen molar-refractivity contribution in [1.82, 2.24) is 4.90 Å². The van der Waals surface area contributed by atoms with Crippen molar-refractivity contribution >= 4 is 11.3 Å². The summed E-state index contributed by atoms with van der Waals surface area (Å²) in [6, 6.07) is 5.17. The molecule has 0 amide bonds. The van der Waals surface area contributed by atoms with Gasteiger partial charge < -0.3 is 5.73 Å². The molecule has 0 aliphatic heterocycles. The minimum atomic E-state index is 0.248. The number of nitrogens with two attached hydrogens (primary N) is 1. The van der Waals surface area contributed by atoms with Crippen molar-refractivity contribution in [2.24, 2.45) is 11.7 Å². The molecule has 0 spiro atoms. The van der Waals surface area contributed by atoms with Gasteiger partial charge in [-0.1, -0.05) is 20.3 Å². The first-order valence-corrected chi connectivity index (χ1v) is 8.53. The molecule has 108 valence electrons. The van der Waals surface area contributed by atoms with Crippen molar-refractivity contribution in [3.63, 3.8) is 0 Å². The van der Waals surface area contributed by atoms with Gasteiger partial charge >= 0.3 is 0 Å². The van der Waals surface area contributed by atoms with E-state index in [0.717, 1.165) is 18.9 Å². The molecule has 1 aliphatic rings. The zero-order chi connectivity index (χ0) is 13.8. The van der Waals surface area contributed by atoms with E-state index in [2.05, 4.69) is 37.8 Å². The van der Waals surface area contributed by atoms with Crippen LogP contribution in [-0.4, -0.2) is 24.0 Å². The Kier molecular flexibility index (Phi) is 5.43. The molecule has 1 fully saturated rings. The van der Waals surface area contributed by atoms with Crippen LogP contribution in [0.2, 0.25) is 0 Å². The molecule has 2 nitrogen and oxygen atoms in total. The minimum Gasteiger partial charge on any atom is -0.326 e. The topological polar surface area (TPSA) is 29.3 Å². The van der Waals surface area contributed by atoms with Gasteiger partial charge in [0.05, 0.1) is 6.04 Å². The second kappa shape index (κ2) is 6.87. The minimum absolute atomic E-state index is 0.248. The van der Waals surface area contributed by atoms with Crippen molar-refractivity contribution in [2.45, 2.75) is 58.5 Å². The summed E-state index contributed by atoms with van der Waals surface area (Å²) in [5.41, 5.74) is 6.44. The molecule has 2 atom stereocenters. The van der Waals surface area contributed by atoms with Crippen molar-refractivity contribution in [2.75, 3.05) is 13.1 Å². The Morgan fingerprint density at radius 3 is 2.53 bits per heavy atom. The van der Waals surface area contributed by atoms with E-state index in [4.69, 9.17) is 5.73 Å². The summed E-state index contributed by atoms with van der Waals surface area (Å²) in [5, 5.41) is 0. The monoisotopic (exact) mass is 280 g/mol. The van der Waals surface area contributed by atoms with Gasteiger partial charge in [0, 0.05) is 22.3 Å². The Labute approximate surface area is 122 Å². The van der Waals surface area contributed by atoms with Crippen molar-refractivity contribution < 1.29 is 0 Å². The molecule has 0 bridgehead atoms. The lowest BCUT2D eigenvalue weighted by atomic mass is 9.84. The first-order chi connectivity index (χ1) is 9.15. The summed E-state index contributed by atoms with van der Waals surface area (Å²) in [4.78, 5) is 5.46. The van der Waals surface area contributed by atoms with Crippen molar-refractivity contribution in [1.29, 1.82) is 0 Å². The first kappa shape index (κ1) is 15.0. The van der Waals surface area contributed by atoms with Crippen LogP contribution in [0.25, 0.3) is 0 Å².